The van der Waals surface area contributed by atoms with Crippen molar-refractivity contribution in [2.45, 2.75) is 46.1 Å². The van der Waals surface area contributed by atoms with Gasteiger partial charge in [-0.3, -0.25) is 0 Å². The quantitative estimate of drug-likeness (QED) is 0.737. The Morgan fingerprint density at radius 2 is 1.68 bits per heavy atom. The molecule has 0 amide bonds. The lowest BCUT2D eigenvalue weighted by Gasteiger charge is -2.36. The van der Waals surface area contributed by atoms with E-state index in [2.05, 4.69) is 20.8 Å². The summed E-state index contributed by atoms with van der Waals surface area (Å²) < 4.78 is 0. The minimum atomic E-state index is -0.0313. The summed E-state index contributed by atoms with van der Waals surface area (Å²) in [6, 6.07) is 13.3. The molecular formula is C20H26O2. The zero-order valence-corrected chi connectivity index (χ0v) is 13.7. The number of aliphatic hydroxyl groups excluding tert-OH is 1. The largest absolute Gasteiger partial charge is 0.508 e. The maximum absolute atomic E-state index is 9.81. The average Bonchev–Trinajstić information content (AvgIpc) is 2.81. The third-order valence-corrected chi connectivity index (χ3v) is 6.48. The van der Waals surface area contributed by atoms with Gasteiger partial charge in [-0.25, -0.2) is 0 Å². The Morgan fingerprint density at radius 1 is 1.00 bits per heavy atom. The predicted octanol–water partition coefficient (Wildman–Crippen LogP) is 4.74. The second kappa shape index (κ2) is 5.27. The van der Waals surface area contributed by atoms with Gasteiger partial charge in [-0.2, -0.15) is 0 Å². The van der Waals surface area contributed by atoms with Crippen LogP contribution in [0.2, 0.25) is 0 Å². The van der Waals surface area contributed by atoms with Crippen LogP contribution in [0.15, 0.2) is 42.5 Å². The fourth-order valence-corrected chi connectivity index (χ4v) is 4.34. The van der Waals surface area contributed by atoms with Gasteiger partial charge in [0.25, 0.3) is 0 Å². The van der Waals surface area contributed by atoms with Crippen molar-refractivity contribution < 1.29 is 10.2 Å². The molecule has 2 aliphatic rings. The Morgan fingerprint density at radius 3 is 2.18 bits per heavy atom. The summed E-state index contributed by atoms with van der Waals surface area (Å²) in [5.74, 6) is 1.10. The monoisotopic (exact) mass is 298 g/mol. The Labute approximate surface area is 132 Å². The minimum absolute atomic E-state index is 0.0313. The fraction of sp³-hybridized carbons (Fsp3) is 0.500. The van der Waals surface area contributed by atoms with Crippen LogP contribution in [0.1, 0.15) is 40.0 Å². The van der Waals surface area contributed by atoms with E-state index in [1.165, 1.54) is 12.8 Å². The summed E-state index contributed by atoms with van der Waals surface area (Å²) in [5, 5.41) is 21.2. The number of aromatic hydroxyl groups is 1. The van der Waals surface area contributed by atoms with Gasteiger partial charge in [0.05, 0.1) is 6.10 Å². The molecule has 2 saturated carbocycles. The lowest BCUT2D eigenvalue weighted by Crippen LogP contribution is -2.35. The maximum atomic E-state index is 9.81. The maximum Gasteiger partial charge on any atom is 0.116 e. The molecule has 2 aliphatic carbocycles. The number of hydrogen-bond donors (Lipinski definition) is 2. The third-order valence-electron chi connectivity index (χ3n) is 6.48. The van der Waals surface area contributed by atoms with Crippen molar-refractivity contribution in [1.29, 1.82) is 0 Å². The Balaban J connectivity index is 0.000000131. The highest BCUT2D eigenvalue weighted by molar-refractivity contribution is 5.83. The van der Waals surface area contributed by atoms with Gasteiger partial charge in [-0.1, -0.05) is 51.1 Å². The van der Waals surface area contributed by atoms with E-state index in [-0.39, 0.29) is 11.5 Å². The summed E-state index contributed by atoms with van der Waals surface area (Å²) >= 11 is 0. The molecule has 2 heteroatoms. The predicted molar refractivity (Wildman–Crippen MR) is 90.8 cm³/mol. The Hall–Kier alpha value is -1.54. The highest BCUT2D eigenvalue weighted by Gasteiger charge is 2.60. The van der Waals surface area contributed by atoms with Crippen molar-refractivity contribution in [3.63, 3.8) is 0 Å². The summed E-state index contributed by atoms with van der Waals surface area (Å²) in [4.78, 5) is 0. The number of fused-ring (bicyclic) bond motifs is 3. The number of phenolic OH excluding ortho intramolecular Hbond substituents is 1. The van der Waals surface area contributed by atoms with Crippen molar-refractivity contribution in [2.24, 2.45) is 16.7 Å². The molecule has 2 aromatic carbocycles. The zero-order chi connectivity index (χ0) is 16.0. The first-order valence-corrected chi connectivity index (χ1v) is 8.20. The number of rotatable bonds is 0. The molecule has 0 heterocycles. The molecular weight excluding hydrogens is 272 g/mol. The molecule has 2 aromatic rings. The lowest BCUT2D eigenvalue weighted by molar-refractivity contribution is 0.0126. The molecule has 0 saturated heterocycles. The molecule has 2 bridgehead atoms. The highest BCUT2D eigenvalue weighted by Crippen LogP contribution is 2.65. The van der Waals surface area contributed by atoms with Crippen molar-refractivity contribution >= 4 is 10.8 Å². The van der Waals surface area contributed by atoms with Gasteiger partial charge in [-0.05, 0) is 58.9 Å². The average molecular weight is 298 g/mol. The van der Waals surface area contributed by atoms with E-state index in [0.29, 0.717) is 11.2 Å². The first kappa shape index (κ1) is 15.4. The van der Waals surface area contributed by atoms with Crippen LogP contribution >= 0.6 is 0 Å². The van der Waals surface area contributed by atoms with E-state index in [1.54, 1.807) is 12.1 Å². The SMILES string of the molecule is CC1(C)C2CCC1(C)C(O)C2.Oc1ccc2ccccc2c1. The highest BCUT2D eigenvalue weighted by atomic mass is 16.3. The molecule has 22 heavy (non-hydrogen) atoms. The molecule has 2 N–H and O–H groups in total. The molecule has 3 atom stereocenters. The van der Waals surface area contributed by atoms with Gasteiger partial charge in [0.2, 0.25) is 0 Å². The van der Waals surface area contributed by atoms with Gasteiger partial charge in [0.1, 0.15) is 5.75 Å². The van der Waals surface area contributed by atoms with Gasteiger partial charge in [0.15, 0.2) is 0 Å². The summed E-state index contributed by atoms with van der Waals surface area (Å²) in [6.07, 6.45) is 3.58. The first-order chi connectivity index (χ1) is 10.3. The molecule has 0 aromatic heterocycles. The van der Waals surface area contributed by atoms with Crippen LogP contribution in [-0.4, -0.2) is 16.3 Å². The molecule has 3 unspecified atom stereocenters. The van der Waals surface area contributed by atoms with Gasteiger partial charge in [-0.15, -0.1) is 0 Å². The van der Waals surface area contributed by atoms with Crippen LogP contribution in [0.3, 0.4) is 0 Å². The molecule has 2 fully saturated rings. The zero-order valence-electron chi connectivity index (χ0n) is 13.7. The normalized spacial score (nSPS) is 31.8. The fourth-order valence-electron chi connectivity index (χ4n) is 4.34. The number of phenols is 1. The number of hydrogen-bond acceptors (Lipinski definition) is 2. The van der Waals surface area contributed by atoms with Crippen molar-refractivity contribution in [1.82, 2.24) is 0 Å². The smallest absolute Gasteiger partial charge is 0.116 e. The van der Waals surface area contributed by atoms with Crippen LogP contribution in [0.25, 0.3) is 10.8 Å². The van der Waals surface area contributed by atoms with Gasteiger partial charge >= 0.3 is 0 Å². The summed E-state index contributed by atoms with van der Waals surface area (Å²) in [5.41, 5.74) is 0.601. The molecule has 4 rings (SSSR count). The number of aliphatic hydroxyl groups is 1. The van der Waals surface area contributed by atoms with Crippen molar-refractivity contribution in [2.75, 3.05) is 0 Å². The molecule has 0 aliphatic heterocycles. The van der Waals surface area contributed by atoms with E-state index >= 15 is 0 Å². The topological polar surface area (TPSA) is 40.5 Å². The van der Waals surface area contributed by atoms with Crippen LogP contribution in [0, 0.1) is 16.7 Å². The lowest BCUT2D eigenvalue weighted by atomic mass is 9.70. The van der Waals surface area contributed by atoms with E-state index < -0.39 is 0 Å². The molecule has 118 valence electrons. The van der Waals surface area contributed by atoms with Crippen molar-refractivity contribution in [3.8, 4) is 5.75 Å². The van der Waals surface area contributed by atoms with Crippen LogP contribution in [0.4, 0.5) is 0 Å². The van der Waals surface area contributed by atoms with Crippen molar-refractivity contribution in [3.05, 3.63) is 42.5 Å². The van der Waals surface area contributed by atoms with E-state index in [9.17, 15) is 5.11 Å². The Bertz CT molecular complexity index is 676. The van der Waals surface area contributed by atoms with E-state index in [0.717, 1.165) is 23.1 Å². The summed E-state index contributed by atoms with van der Waals surface area (Å²) in [6.45, 7) is 6.90. The third kappa shape index (κ3) is 2.30. The minimum Gasteiger partial charge on any atom is -0.508 e. The van der Waals surface area contributed by atoms with Gasteiger partial charge in [0, 0.05) is 0 Å². The van der Waals surface area contributed by atoms with Crippen LogP contribution in [0.5, 0.6) is 5.75 Å². The first-order valence-electron chi connectivity index (χ1n) is 8.20. The second-order valence-electron chi connectivity index (χ2n) is 7.66. The van der Waals surface area contributed by atoms with Gasteiger partial charge < -0.3 is 10.2 Å². The van der Waals surface area contributed by atoms with Crippen LogP contribution < -0.4 is 0 Å². The second-order valence-corrected chi connectivity index (χ2v) is 7.66. The summed E-state index contributed by atoms with van der Waals surface area (Å²) in [7, 11) is 0. The number of benzene rings is 2. The molecule has 2 nitrogen and oxygen atoms in total. The molecule has 0 spiro atoms. The van der Waals surface area contributed by atoms with E-state index in [1.807, 2.05) is 30.3 Å². The standard InChI is InChI=1S/C10H18O.C10H8O/c1-9(2)7-4-5-10(9,3)8(11)6-7;11-10-6-5-8-3-1-2-4-9(8)7-10/h7-8,11H,4-6H2,1-3H3;1-7,11H. The Kier molecular flexibility index (Phi) is 3.68. The molecule has 0 radical (unpaired) electrons. The van der Waals surface area contributed by atoms with Crippen LogP contribution in [-0.2, 0) is 0 Å². The van der Waals surface area contributed by atoms with E-state index in [4.69, 9.17) is 5.11 Å².